The van der Waals surface area contributed by atoms with Crippen molar-refractivity contribution in [1.29, 1.82) is 0 Å². The van der Waals surface area contributed by atoms with Gasteiger partial charge in [0.25, 0.3) is 0 Å². The summed E-state index contributed by atoms with van der Waals surface area (Å²) in [6, 6.07) is 7.25. The summed E-state index contributed by atoms with van der Waals surface area (Å²) in [6.45, 7) is 0. The molecule has 1 fully saturated rings. The number of carbonyl (C=O) groups is 1. The van der Waals surface area contributed by atoms with Crippen LogP contribution in [0.4, 0.5) is 18.9 Å². The van der Waals surface area contributed by atoms with Gasteiger partial charge in [-0.15, -0.1) is 0 Å². The number of benzene rings is 1. The van der Waals surface area contributed by atoms with E-state index >= 15 is 0 Å². The second kappa shape index (κ2) is 6.81. The van der Waals surface area contributed by atoms with Crippen LogP contribution in [-0.2, 0) is 10.1 Å². The van der Waals surface area contributed by atoms with Crippen molar-refractivity contribution in [3.05, 3.63) is 29.8 Å². The molecule has 1 aromatic rings. The molecule has 6 heteroatoms. The van der Waals surface area contributed by atoms with E-state index in [4.69, 9.17) is 0 Å². The Balaban J connectivity index is 1.96. The van der Waals surface area contributed by atoms with Gasteiger partial charge < -0.3 is 5.32 Å². The van der Waals surface area contributed by atoms with Crippen molar-refractivity contribution in [3.8, 4) is 0 Å². The molecule has 0 aromatic heterocycles. The lowest BCUT2D eigenvalue weighted by Crippen LogP contribution is -2.34. The standard InChI is InChI=1S/C15H17BrF3NO/c16-9-10-4-6-13(7-5-10)20-14(21)11-2-1-3-12(8-11)15(17,18)19/h4-7,11-12H,1-3,8-9H2,(H,20,21). The third-order valence-electron chi connectivity index (χ3n) is 3.88. The van der Waals surface area contributed by atoms with Gasteiger partial charge in [-0.05, 0) is 37.0 Å². The fourth-order valence-corrected chi connectivity index (χ4v) is 3.02. The second-order valence-corrected chi connectivity index (χ2v) is 5.98. The van der Waals surface area contributed by atoms with Gasteiger partial charge in [0, 0.05) is 16.9 Å². The molecule has 1 aliphatic rings. The van der Waals surface area contributed by atoms with Crippen LogP contribution >= 0.6 is 15.9 Å². The smallest absolute Gasteiger partial charge is 0.326 e. The molecule has 2 nitrogen and oxygen atoms in total. The first-order valence-corrected chi connectivity index (χ1v) is 8.05. The number of alkyl halides is 4. The summed E-state index contributed by atoms with van der Waals surface area (Å²) in [5.41, 5.74) is 1.70. The zero-order valence-electron chi connectivity index (χ0n) is 11.4. The Hall–Kier alpha value is -1.04. The maximum absolute atomic E-state index is 12.8. The first kappa shape index (κ1) is 16.3. The molecule has 2 unspecified atom stereocenters. The predicted octanol–water partition coefficient (Wildman–Crippen LogP) is 4.89. The van der Waals surface area contributed by atoms with Crippen LogP contribution in [0.25, 0.3) is 0 Å². The van der Waals surface area contributed by atoms with Crippen molar-refractivity contribution < 1.29 is 18.0 Å². The van der Waals surface area contributed by atoms with E-state index in [1.165, 1.54) is 0 Å². The summed E-state index contributed by atoms with van der Waals surface area (Å²) in [7, 11) is 0. The monoisotopic (exact) mass is 363 g/mol. The Morgan fingerprint density at radius 1 is 1.24 bits per heavy atom. The van der Waals surface area contributed by atoms with Gasteiger partial charge in [0.15, 0.2) is 0 Å². The van der Waals surface area contributed by atoms with Gasteiger partial charge in [0.05, 0.1) is 5.92 Å². The maximum atomic E-state index is 12.8. The van der Waals surface area contributed by atoms with Crippen molar-refractivity contribution in [3.63, 3.8) is 0 Å². The van der Waals surface area contributed by atoms with E-state index in [9.17, 15) is 18.0 Å². The van der Waals surface area contributed by atoms with Crippen molar-refractivity contribution in [2.24, 2.45) is 11.8 Å². The molecule has 1 amide bonds. The molecule has 0 bridgehead atoms. The average Bonchev–Trinajstić information content (AvgIpc) is 2.47. The number of halogens is 4. The molecule has 0 spiro atoms. The van der Waals surface area contributed by atoms with Gasteiger partial charge in [-0.25, -0.2) is 0 Å². The van der Waals surface area contributed by atoms with Gasteiger partial charge in [-0.1, -0.05) is 34.5 Å². The lowest BCUT2D eigenvalue weighted by molar-refractivity contribution is -0.185. The number of carbonyl (C=O) groups excluding carboxylic acids is 1. The Morgan fingerprint density at radius 2 is 1.90 bits per heavy atom. The van der Waals surface area contributed by atoms with Gasteiger partial charge in [-0.2, -0.15) is 13.2 Å². The topological polar surface area (TPSA) is 29.1 Å². The molecule has 116 valence electrons. The molecule has 1 N–H and O–H groups in total. The minimum Gasteiger partial charge on any atom is -0.326 e. The van der Waals surface area contributed by atoms with Crippen LogP contribution in [0.5, 0.6) is 0 Å². The van der Waals surface area contributed by atoms with Crippen LogP contribution in [0.3, 0.4) is 0 Å². The van der Waals surface area contributed by atoms with E-state index in [0.29, 0.717) is 18.5 Å². The molecule has 2 rings (SSSR count). The third-order valence-corrected chi connectivity index (χ3v) is 4.53. The van der Waals surface area contributed by atoms with E-state index in [1.807, 2.05) is 12.1 Å². The summed E-state index contributed by atoms with van der Waals surface area (Å²) >= 11 is 3.33. The van der Waals surface area contributed by atoms with Crippen LogP contribution in [-0.4, -0.2) is 12.1 Å². The summed E-state index contributed by atoms with van der Waals surface area (Å²) in [4.78, 5) is 12.1. The van der Waals surface area contributed by atoms with Crippen LogP contribution in [0.1, 0.15) is 31.2 Å². The minimum absolute atomic E-state index is 0.102. The van der Waals surface area contributed by atoms with E-state index < -0.39 is 18.0 Å². The van der Waals surface area contributed by atoms with Crippen LogP contribution in [0, 0.1) is 11.8 Å². The zero-order chi connectivity index (χ0) is 15.5. The number of amides is 1. The normalized spacial score (nSPS) is 22.9. The molecule has 1 aromatic carbocycles. The van der Waals surface area contributed by atoms with Crippen LogP contribution in [0.2, 0.25) is 0 Å². The quantitative estimate of drug-likeness (QED) is 0.761. The van der Waals surface area contributed by atoms with E-state index in [2.05, 4.69) is 21.2 Å². The van der Waals surface area contributed by atoms with Gasteiger partial charge >= 0.3 is 6.18 Å². The van der Waals surface area contributed by atoms with Crippen molar-refractivity contribution in [1.82, 2.24) is 0 Å². The van der Waals surface area contributed by atoms with E-state index in [0.717, 1.165) is 10.9 Å². The average molecular weight is 364 g/mol. The molecule has 2 atom stereocenters. The molecule has 21 heavy (non-hydrogen) atoms. The molecule has 0 radical (unpaired) electrons. The largest absolute Gasteiger partial charge is 0.391 e. The molecule has 0 aliphatic heterocycles. The minimum atomic E-state index is -4.20. The zero-order valence-corrected chi connectivity index (χ0v) is 13.0. The van der Waals surface area contributed by atoms with Gasteiger partial charge in [0.1, 0.15) is 0 Å². The lowest BCUT2D eigenvalue weighted by atomic mass is 9.80. The van der Waals surface area contributed by atoms with E-state index in [1.54, 1.807) is 12.1 Å². The van der Waals surface area contributed by atoms with Gasteiger partial charge in [-0.3, -0.25) is 4.79 Å². The summed E-state index contributed by atoms with van der Waals surface area (Å²) in [6.07, 6.45) is -3.19. The summed E-state index contributed by atoms with van der Waals surface area (Å²) in [5.74, 6) is -2.21. The van der Waals surface area contributed by atoms with Crippen molar-refractivity contribution >= 4 is 27.5 Å². The molecular formula is C15H17BrF3NO. The second-order valence-electron chi connectivity index (χ2n) is 5.42. The number of hydrogen-bond acceptors (Lipinski definition) is 1. The Labute approximate surface area is 130 Å². The highest BCUT2D eigenvalue weighted by Gasteiger charge is 2.43. The highest BCUT2D eigenvalue weighted by molar-refractivity contribution is 9.08. The number of hydrogen-bond donors (Lipinski definition) is 1. The third kappa shape index (κ3) is 4.46. The van der Waals surface area contributed by atoms with Crippen molar-refractivity contribution in [2.45, 2.75) is 37.2 Å². The van der Waals surface area contributed by atoms with E-state index in [-0.39, 0.29) is 18.7 Å². The maximum Gasteiger partial charge on any atom is 0.391 e. The summed E-state index contributed by atoms with van der Waals surface area (Å²) < 4.78 is 38.3. The van der Waals surface area contributed by atoms with Crippen LogP contribution in [0.15, 0.2) is 24.3 Å². The Kier molecular flexibility index (Phi) is 5.30. The van der Waals surface area contributed by atoms with Crippen LogP contribution < -0.4 is 5.32 Å². The molecular weight excluding hydrogens is 347 g/mol. The first-order chi connectivity index (χ1) is 9.90. The highest BCUT2D eigenvalue weighted by Crippen LogP contribution is 2.40. The predicted molar refractivity (Wildman–Crippen MR) is 79.2 cm³/mol. The molecule has 1 saturated carbocycles. The Morgan fingerprint density at radius 3 is 2.48 bits per heavy atom. The molecule has 0 heterocycles. The highest BCUT2D eigenvalue weighted by atomic mass is 79.9. The lowest BCUT2D eigenvalue weighted by Gasteiger charge is -2.29. The Bertz CT molecular complexity index is 487. The number of anilines is 1. The SMILES string of the molecule is O=C(Nc1ccc(CBr)cc1)C1CCCC(C(F)(F)F)C1. The molecule has 1 aliphatic carbocycles. The molecule has 0 saturated heterocycles. The van der Waals surface area contributed by atoms with Gasteiger partial charge in [0.2, 0.25) is 5.91 Å². The first-order valence-electron chi connectivity index (χ1n) is 6.92. The number of nitrogens with one attached hydrogen (secondary N) is 1. The fraction of sp³-hybridized carbons (Fsp3) is 0.533. The number of rotatable bonds is 3. The fourth-order valence-electron chi connectivity index (χ4n) is 2.65. The van der Waals surface area contributed by atoms with Crippen molar-refractivity contribution in [2.75, 3.05) is 5.32 Å². The summed E-state index contributed by atoms with van der Waals surface area (Å²) in [5, 5.41) is 3.43.